The van der Waals surface area contributed by atoms with E-state index in [4.69, 9.17) is 13.9 Å². The molecule has 0 aliphatic rings. The van der Waals surface area contributed by atoms with Crippen molar-refractivity contribution < 1.29 is 18.7 Å². The van der Waals surface area contributed by atoms with Crippen molar-refractivity contribution in [1.29, 1.82) is 0 Å². The number of furan rings is 1. The first-order valence-electron chi connectivity index (χ1n) is 9.96. The van der Waals surface area contributed by atoms with E-state index in [1.54, 1.807) is 10.8 Å². The minimum atomic E-state index is -0.386. The van der Waals surface area contributed by atoms with Crippen molar-refractivity contribution >= 4 is 33.2 Å². The molecule has 0 amide bonds. The van der Waals surface area contributed by atoms with E-state index in [9.17, 15) is 4.79 Å². The Morgan fingerprint density at radius 1 is 1.19 bits per heavy atom. The Balaban J connectivity index is 1.46. The lowest BCUT2D eigenvalue weighted by Crippen LogP contribution is -1.99. The van der Waals surface area contributed by atoms with E-state index in [-0.39, 0.29) is 5.97 Å². The summed E-state index contributed by atoms with van der Waals surface area (Å²) in [5.41, 5.74) is 3.59. The second kappa shape index (κ2) is 7.76. The van der Waals surface area contributed by atoms with E-state index >= 15 is 0 Å². The molecular formula is C23H20N4O4S. The number of hydrogen-bond donors (Lipinski definition) is 0. The molecule has 32 heavy (non-hydrogen) atoms. The van der Waals surface area contributed by atoms with E-state index < -0.39 is 0 Å². The molecule has 0 radical (unpaired) electrons. The zero-order valence-corrected chi connectivity index (χ0v) is 18.8. The molecule has 1 aromatic carbocycles. The van der Waals surface area contributed by atoms with Gasteiger partial charge in [0.2, 0.25) is 5.82 Å². The van der Waals surface area contributed by atoms with Crippen molar-refractivity contribution in [2.75, 3.05) is 7.11 Å². The maximum absolute atomic E-state index is 12.1. The van der Waals surface area contributed by atoms with Gasteiger partial charge in [0, 0.05) is 0 Å². The van der Waals surface area contributed by atoms with Gasteiger partial charge in [0.05, 0.1) is 12.5 Å². The Labute approximate surface area is 187 Å². The van der Waals surface area contributed by atoms with Crippen LogP contribution in [0.3, 0.4) is 0 Å². The van der Waals surface area contributed by atoms with Gasteiger partial charge < -0.3 is 13.9 Å². The lowest BCUT2D eigenvalue weighted by Gasteiger charge is -2.08. The van der Waals surface area contributed by atoms with Crippen LogP contribution in [0.2, 0.25) is 0 Å². The number of ether oxygens (including phenoxy) is 2. The van der Waals surface area contributed by atoms with E-state index in [0.29, 0.717) is 39.3 Å². The highest BCUT2D eigenvalue weighted by atomic mass is 32.1. The fraction of sp³-hybridized carbons (Fsp3) is 0.217. The zero-order chi connectivity index (χ0) is 22.4. The van der Waals surface area contributed by atoms with Gasteiger partial charge in [0.1, 0.15) is 34.2 Å². The minimum absolute atomic E-state index is 0.301. The summed E-state index contributed by atoms with van der Waals surface area (Å²) in [6.45, 7) is 6.20. The number of methoxy groups -OCH3 is 1. The number of carbonyl (C=O) groups excluding carboxylic acids is 1. The van der Waals surface area contributed by atoms with E-state index in [2.05, 4.69) is 21.1 Å². The lowest BCUT2D eigenvalue weighted by atomic mass is 10.1. The Kier molecular flexibility index (Phi) is 4.90. The van der Waals surface area contributed by atoms with Crippen LogP contribution in [-0.4, -0.2) is 32.7 Å². The maximum atomic E-state index is 12.1. The fourth-order valence-electron chi connectivity index (χ4n) is 3.51. The van der Waals surface area contributed by atoms with Crippen LogP contribution in [0.1, 0.15) is 32.1 Å². The molecule has 0 atom stereocenters. The number of hydrogen-bond acceptors (Lipinski definition) is 8. The summed E-state index contributed by atoms with van der Waals surface area (Å²) >= 11 is 1.28. The van der Waals surface area contributed by atoms with E-state index in [1.807, 2.05) is 45.0 Å². The number of aromatic nitrogens is 4. The molecule has 0 fully saturated rings. The number of thiophene rings is 1. The number of fused-ring (bicyclic) bond motifs is 3. The number of aryl methyl sites for hydroxylation is 3. The Morgan fingerprint density at radius 3 is 2.84 bits per heavy atom. The molecule has 0 bridgehead atoms. The predicted octanol–water partition coefficient (Wildman–Crippen LogP) is 4.89. The molecule has 5 aromatic rings. The van der Waals surface area contributed by atoms with Gasteiger partial charge >= 0.3 is 5.97 Å². The summed E-state index contributed by atoms with van der Waals surface area (Å²) in [7, 11) is 1.36. The summed E-state index contributed by atoms with van der Waals surface area (Å²) in [5, 5.41) is 5.28. The van der Waals surface area contributed by atoms with E-state index in [1.165, 1.54) is 18.4 Å². The Morgan fingerprint density at radius 2 is 2.03 bits per heavy atom. The van der Waals surface area contributed by atoms with Crippen LogP contribution in [0.5, 0.6) is 5.75 Å². The first-order chi connectivity index (χ1) is 15.4. The molecular weight excluding hydrogens is 428 g/mol. The monoisotopic (exact) mass is 448 g/mol. The number of nitrogens with zero attached hydrogens (tertiary/aromatic N) is 4. The van der Waals surface area contributed by atoms with Crippen LogP contribution in [0.4, 0.5) is 0 Å². The number of rotatable bonds is 5. The second-order valence-corrected chi connectivity index (χ2v) is 8.50. The molecule has 4 heterocycles. The predicted molar refractivity (Wildman–Crippen MR) is 120 cm³/mol. The molecule has 4 aromatic heterocycles. The molecule has 0 saturated carbocycles. The van der Waals surface area contributed by atoms with Crippen molar-refractivity contribution in [3.63, 3.8) is 0 Å². The average Bonchev–Trinajstić information content (AvgIpc) is 3.50. The normalized spacial score (nSPS) is 11.4. The number of esters is 1. The Bertz CT molecular complexity index is 1480. The lowest BCUT2D eigenvalue weighted by molar-refractivity contribution is 0.0605. The fourth-order valence-corrected chi connectivity index (χ4v) is 4.57. The highest BCUT2D eigenvalue weighted by Gasteiger charge is 2.21. The smallest absolute Gasteiger partial charge is 0.348 e. The first kappa shape index (κ1) is 20.2. The number of carbonyl (C=O) groups is 1. The van der Waals surface area contributed by atoms with Crippen LogP contribution >= 0.6 is 11.3 Å². The van der Waals surface area contributed by atoms with Gasteiger partial charge in [0.15, 0.2) is 11.4 Å². The van der Waals surface area contributed by atoms with Gasteiger partial charge in [0.25, 0.3) is 0 Å². The second-order valence-electron chi connectivity index (χ2n) is 7.50. The third-order valence-electron chi connectivity index (χ3n) is 5.23. The maximum Gasteiger partial charge on any atom is 0.348 e. The van der Waals surface area contributed by atoms with Gasteiger partial charge in [-0.1, -0.05) is 12.1 Å². The van der Waals surface area contributed by atoms with Gasteiger partial charge in [-0.2, -0.15) is 0 Å². The van der Waals surface area contributed by atoms with Gasteiger partial charge in [-0.15, -0.1) is 16.4 Å². The topological polar surface area (TPSA) is 91.8 Å². The summed E-state index contributed by atoms with van der Waals surface area (Å²) in [6, 6.07) is 9.77. The molecule has 8 nitrogen and oxygen atoms in total. The highest BCUT2D eigenvalue weighted by Crippen LogP contribution is 2.33. The standard InChI is InChI=1S/C23H20N4O4S/c1-12-5-6-13(2)17(9-12)30-10-15-7-8-16(31-15)20-25-21-18-14(3)19(23(28)29-4)32-22(18)24-11-27(21)26-20/h5-9,11H,10H2,1-4H3. The summed E-state index contributed by atoms with van der Waals surface area (Å²) in [5.74, 6) is 2.08. The summed E-state index contributed by atoms with van der Waals surface area (Å²) in [6.07, 6.45) is 1.58. The molecule has 162 valence electrons. The van der Waals surface area contributed by atoms with Crippen molar-refractivity contribution in [3.05, 3.63) is 64.0 Å². The molecule has 0 saturated heterocycles. The minimum Gasteiger partial charge on any atom is -0.485 e. The van der Waals surface area contributed by atoms with Crippen molar-refractivity contribution in [2.45, 2.75) is 27.4 Å². The van der Waals surface area contributed by atoms with Gasteiger partial charge in [-0.05, 0) is 55.7 Å². The van der Waals surface area contributed by atoms with Crippen LogP contribution in [0.25, 0.3) is 27.4 Å². The average molecular weight is 449 g/mol. The number of benzene rings is 1. The first-order valence-corrected chi connectivity index (χ1v) is 10.8. The molecule has 5 rings (SSSR count). The third-order valence-corrected chi connectivity index (χ3v) is 6.41. The quantitative estimate of drug-likeness (QED) is 0.354. The molecule has 0 aliphatic carbocycles. The zero-order valence-electron chi connectivity index (χ0n) is 18.0. The molecule has 0 unspecified atom stereocenters. The molecule has 0 spiro atoms. The van der Waals surface area contributed by atoms with Gasteiger partial charge in [-0.25, -0.2) is 19.3 Å². The molecule has 0 N–H and O–H groups in total. The molecule has 0 aliphatic heterocycles. The van der Waals surface area contributed by atoms with Crippen LogP contribution in [0.15, 0.2) is 41.1 Å². The van der Waals surface area contributed by atoms with E-state index in [0.717, 1.165) is 27.8 Å². The van der Waals surface area contributed by atoms with Crippen LogP contribution in [-0.2, 0) is 11.3 Å². The highest BCUT2D eigenvalue weighted by molar-refractivity contribution is 7.20. The molecule has 9 heteroatoms. The summed E-state index contributed by atoms with van der Waals surface area (Å²) < 4.78 is 18.3. The van der Waals surface area contributed by atoms with Crippen molar-refractivity contribution in [1.82, 2.24) is 19.6 Å². The van der Waals surface area contributed by atoms with Crippen LogP contribution < -0.4 is 4.74 Å². The Hall–Kier alpha value is -3.72. The van der Waals surface area contributed by atoms with Crippen LogP contribution in [0, 0.1) is 20.8 Å². The summed E-state index contributed by atoms with van der Waals surface area (Å²) in [4.78, 5) is 22.4. The third kappa shape index (κ3) is 3.40. The van der Waals surface area contributed by atoms with Crippen molar-refractivity contribution in [3.8, 4) is 17.3 Å². The largest absolute Gasteiger partial charge is 0.485 e. The van der Waals surface area contributed by atoms with Crippen molar-refractivity contribution in [2.24, 2.45) is 0 Å². The SMILES string of the molecule is COC(=O)c1sc2ncn3nc(-c4ccc(COc5cc(C)ccc5C)o4)nc3c2c1C. The van der Waals surface area contributed by atoms with Gasteiger partial charge in [-0.3, -0.25) is 0 Å².